The monoisotopic (exact) mass is 600 g/mol. The van der Waals surface area contributed by atoms with Crippen molar-refractivity contribution in [3.8, 4) is 0 Å². The van der Waals surface area contributed by atoms with Gasteiger partial charge in [-0.1, -0.05) is 42.8 Å². The van der Waals surface area contributed by atoms with Crippen LogP contribution in [-0.2, 0) is 20.4 Å². The Hall–Kier alpha value is -0.890. The zero-order valence-electron chi connectivity index (χ0n) is 19.7. The zero-order chi connectivity index (χ0) is 23.5. The Bertz CT molecular complexity index is 896. The maximum Gasteiger partial charge on any atom is 0.330 e. The van der Waals surface area contributed by atoms with E-state index in [0.29, 0.717) is 23.2 Å². The van der Waals surface area contributed by atoms with E-state index in [4.69, 9.17) is 4.74 Å². The molecule has 0 spiro atoms. The number of ether oxygens (including phenoxy) is 1. The van der Waals surface area contributed by atoms with Crippen molar-refractivity contribution in [3.63, 3.8) is 0 Å². The lowest BCUT2D eigenvalue weighted by molar-refractivity contribution is -0.137. The van der Waals surface area contributed by atoms with Crippen molar-refractivity contribution in [2.24, 2.45) is 16.7 Å². The molecule has 182 valence electrons. The molecule has 0 heterocycles. The predicted molar refractivity (Wildman–Crippen MR) is 135 cm³/mol. The van der Waals surface area contributed by atoms with Crippen molar-refractivity contribution in [3.05, 3.63) is 58.6 Å². The minimum Gasteiger partial charge on any atom is -1.00 e. The summed E-state index contributed by atoms with van der Waals surface area (Å²) in [4.78, 5) is 24.1. The van der Waals surface area contributed by atoms with Crippen molar-refractivity contribution >= 4 is 38.6 Å². The number of allylic oxidation sites excluding steroid dienone is 1. The van der Waals surface area contributed by atoms with E-state index in [1.807, 2.05) is 18.2 Å². The van der Waals surface area contributed by atoms with Gasteiger partial charge in [-0.2, -0.15) is 0 Å². The number of halogens is 2. The highest BCUT2D eigenvalue weighted by Gasteiger charge is 2.69. The van der Waals surface area contributed by atoms with Gasteiger partial charge in [0.25, 0.3) is 0 Å². The summed E-state index contributed by atoms with van der Waals surface area (Å²) in [5.41, 5.74) is 0.781. The van der Waals surface area contributed by atoms with Gasteiger partial charge in [0.1, 0.15) is 17.1 Å². The molecule has 0 radical (unpaired) electrons. The first-order valence-electron chi connectivity index (χ1n) is 11.2. The molecule has 2 aliphatic rings. The van der Waals surface area contributed by atoms with Crippen LogP contribution in [0, 0.1) is 16.7 Å². The van der Waals surface area contributed by atoms with E-state index in [1.165, 1.54) is 18.6 Å². The molecule has 0 amide bonds. The second-order valence-corrected chi connectivity index (χ2v) is 12.9. The van der Waals surface area contributed by atoms with Crippen molar-refractivity contribution in [1.29, 1.82) is 0 Å². The molecule has 2 aliphatic carbocycles. The molecule has 5 atom stereocenters. The summed E-state index contributed by atoms with van der Waals surface area (Å²) in [5, 5.41) is 11.3. The number of esters is 1. The predicted octanol–water partition coefficient (Wildman–Crippen LogP) is 2.12. The van der Waals surface area contributed by atoms with Gasteiger partial charge in [0.15, 0.2) is 5.78 Å². The van der Waals surface area contributed by atoms with E-state index in [1.54, 1.807) is 18.2 Å². The van der Waals surface area contributed by atoms with Gasteiger partial charge in [0.2, 0.25) is 0 Å². The number of hydrogen-bond donors (Lipinski definition) is 1. The van der Waals surface area contributed by atoms with E-state index in [2.05, 4.69) is 43.0 Å². The lowest BCUT2D eigenvalue weighted by atomic mass is 9.70. The van der Waals surface area contributed by atoms with E-state index >= 15 is 0 Å². The summed E-state index contributed by atoms with van der Waals surface area (Å²) >= 11 is 3.35. The molecule has 2 saturated carbocycles. The number of aliphatic hydroxyl groups excluding tert-OH is 1. The maximum atomic E-state index is 12.1. The van der Waals surface area contributed by atoms with Crippen LogP contribution < -0.4 is 17.0 Å². The third-order valence-corrected chi connectivity index (χ3v) is 10.5. The molecule has 4 nitrogen and oxygen atoms in total. The molecule has 0 saturated heterocycles. The second kappa shape index (κ2) is 11.7. The van der Waals surface area contributed by atoms with Gasteiger partial charge in [-0.15, -0.1) is 0 Å². The Morgan fingerprint density at radius 3 is 2.45 bits per heavy atom. The largest absolute Gasteiger partial charge is 1.00 e. The highest BCUT2D eigenvalue weighted by molar-refractivity contribution is 9.10. The number of ketones is 1. The van der Waals surface area contributed by atoms with Gasteiger partial charge in [-0.3, -0.25) is 4.79 Å². The van der Waals surface area contributed by atoms with Crippen molar-refractivity contribution in [2.75, 3.05) is 18.6 Å². The average molecular weight is 602 g/mol. The summed E-state index contributed by atoms with van der Waals surface area (Å²) in [7, 11) is 0.00604. The van der Waals surface area contributed by atoms with E-state index in [-0.39, 0.29) is 63.2 Å². The number of carbonyl (C=O) groups is 2. The number of aliphatic hydroxyl groups is 1. The van der Waals surface area contributed by atoms with Crippen LogP contribution >= 0.6 is 15.9 Å². The lowest BCUT2D eigenvalue weighted by Crippen LogP contribution is -3.00. The quantitative estimate of drug-likeness (QED) is 0.155. The third-order valence-electron chi connectivity index (χ3n) is 7.74. The number of benzene rings is 1. The fourth-order valence-electron chi connectivity index (χ4n) is 5.33. The minimum absolute atomic E-state index is 0. The van der Waals surface area contributed by atoms with Crippen LogP contribution in [0.3, 0.4) is 0 Å². The third kappa shape index (κ3) is 6.03. The van der Waals surface area contributed by atoms with Crippen molar-refractivity contribution in [1.82, 2.24) is 0 Å². The smallest absolute Gasteiger partial charge is 0.330 e. The van der Waals surface area contributed by atoms with Crippen LogP contribution in [0.1, 0.15) is 50.4 Å². The lowest BCUT2D eigenvalue weighted by Gasteiger charge is -2.36. The summed E-state index contributed by atoms with van der Waals surface area (Å²) in [6, 6.07) is 7.19. The Morgan fingerprint density at radius 2 is 1.85 bits per heavy atom. The van der Waals surface area contributed by atoms with E-state index in [0.717, 1.165) is 16.6 Å². The highest BCUT2D eigenvalue weighted by atomic mass is 79.9. The van der Waals surface area contributed by atoms with Crippen LogP contribution in [0.5, 0.6) is 0 Å². The Balaban J connectivity index is 0.00000385. The maximum absolute atomic E-state index is 12.1. The summed E-state index contributed by atoms with van der Waals surface area (Å²) < 4.78 is 6.16. The Kier molecular flexibility index (Phi) is 10.0. The molecule has 0 aliphatic heterocycles. The zero-order valence-corrected chi connectivity index (χ0v) is 23.7. The molecule has 33 heavy (non-hydrogen) atoms. The molecule has 2 fully saturated rings. The number of hydrogen-bond acceptors (Lipinski definition) is 4. The van der Waals surface area contributed by atoms with Crippen LogP contribution in [0.15, 0.2) is 53.0 Å². The fourth-order valence-corrected chi connectivity index (χ4v) is 8.00. The molecule has 3 rings (SSSR count). The van der Waals surface area contributed by atoms with Gasteiger partial charge >= 0.3 is 5.97 Å². The minimum atomic E-state index is -0.365. The van der Waals surface area contributed by atoms with Gasteiger partial charge in [0, 0.05) is 27.4 Å². The Labute approximate surface area is 219 Å². The Morgan fingerprint density at radius 1 is 1.18 bits per heavy atom. The molecular formula is C26H34Br2O4S. The van der Waals surface area contributed by atoms with Crippen LogP contribution in [0.4, 0.5) is 0 Å². The molecule has 1 unspecified atom stereocenters. The van der Waals surface area contributed by atoms with Crippen LogP contribution in [-0.4, -0.2) is 46.8 Å². The molecule has 2 bridgehead atoms. The first-order chi connectivity index (χ1) is 15.1. The van der Waals surface area contributed by atoms with E-state index < -0.39 is 0 Å². The fraction of sp³-hybridized carbons (Fsp3) is 0.538. The van der Waals surface area contributed by atoms with Crippen molar-refractivity contribution < 1.29 is 36.4 Å². The topological polar surface area (TPSA) is 63.6 Å². The van der Waals surface area contributed by atoms with Crippen molar-refractivity contribution in [2.45, 2.75) is 51.4 Å². The summed E-state index contributed by atoms with van der Waals surface area (Å²) in [6.45, 7) is 7.09. The number of fused-ring (bicyclic) bond motifs is 2. The molecule has 1 aromatic carbocycles. The van der Waals surface area contributed by atoms with Gasteiger partial charge < -0.3 is 26.8 Å². The van der Waals surface area contributed by atoms with Crippen LogP contribution in [0.25, 0.3) is 0 Å². The summed E-state index contributed by atoms with van der Waals surface area (Å²) in [6.07, 6.45) is 11.3. The van der Waals surface area contributed by atoms with E-state index in [9.17, 15) is 14.7 Å². The normalized spacial score (nSPS) is 28.7. The van der Waals surface area contributed by atoms with Crippen LogP contribution in [0.2, 0.25) is 0 Å². The molecule has 1 aromatic rings. The molecular weight excluding hydrogens is 568 g/mol. The number of carbonyl (C=O) groups excluding carboxylic acids is 2. The van der Waals surface area contributed by atoms with Gasteiger partial charge in [-0.25, -0.2) is 4.79 Å². The van der Waals surface area contributed by atoms with Gasteiger partial charge in [0.05, 0.1) is 12.9 Å². The first kappa shape index (κ1) is 28.3. The molecule has 1 N–H and O–H groups in total. The number of rotatable bonds is 9. The average Bonchev–Trinajstić information content (AvgIpc) is 3.06. The standard InChI is InChI=1S/C26H34BrO4S.BrH/c1-25(2)20-14-15-26(25,3)24(30)23(20)32(4)17-7-9-22(29)31-16-6-5-8-21(28)18-10-12-19(27)13-11-18;/h5,7-13,20,23-24,30H,6,14-17H2,1-4H3;1H/q+1;/p-1/b8-5+,9-7+;/t20-,23-,24-,26+,32?;/m1./s1. The SMILES string of the molecule is C[S+](C/C=C/C(=O)OCC/C=C/C(=O)c1ccc(Br)cc1)[C@@H]1[C@H]2CC[C@@](C)([C@@H]1O)C2(C)C.[Br-]. The summed E-state index contributed by atoms with van der Waals surface area (Å²) in [5.74, 6) is 0.887. The second-order valence-electron chi connectivity index (χ2n) is 9.68. The molecule has 0 aromatic heterocycles. The first-order valence-corrected chi connectivity index (χ1v) is 13.8. The molecule has 7 heteroatoms. The van der Waals surface area contributed by atoms with Gasteiger partial charge in [-0.05, 0) is 72.0 Å². The highest BCUT2D eigenvalue weighted by Crippen LogP contribution is 2.66.